The van der Waals surface area contributed by atoms with Crippen LogP contribution in [0.25, 0.3) is 36.5 Å². The van der Waals surface area contributed by atoms with Crippen molar-refractivity contribution in [1.82, 2.24) is 19.9 Å². The van der Waals surface area contributed by atoms with Crippen molar-refractivity contribution >= 4 is 48.4 Å². The van der Waals surface area contributed by atoms with Crippen LogP contribution in [0.4, 0.5) is 0 Å². The number of hydrogen-bond donors (Lipinski definition) is 4. The van der Waals surface area contributed by atoms with Gasteiger partial charge < -0.3 is 29.4 Å². The van der Waals surface area contributed by atoms with Crippen LogP contribution < -0.4 is 21.4 Å². The molecular formula is C36H40N4O4. The smallest absolute Gasteiger partial charge is 0.305 e. The molecule has 0 saturated heterocycles. The highest BCUT2D eigenvalue weighted by atomic mass is 16.5. The average Bonchev–Trinajstić information content (AvgIpc) is 3.67. The fourth-order valence-electron chi connectivity index (χ4n) is 6.12. The summed E-state index contributed by atoms with van der Waals surface area (Å²) in [6, 6.07) is 0. The van der Waals surface area contributed by atoms with Crippen molar-refractivity contribution in [2.45, 2.75) is 53.4 Å². The number of carbonyl (C=O) groups is 2. The third-order valence-corrected chi connectivity index (χ3v) is 8.81. The molecule has 1 aliphatic heterocycles. The van der Waals surface area contributed by atoms with E-state index in [-0.39, 0.29) is 24.8 Å². The number of hydrogen-bond acceptors (Lipinski definition) is 4. The van der Waals surface area contributed by atoms with Crippen molar-refractivity contribution < 1.29 is 19.1 Å². The Morgan fingerprint density at radius 3 is 1.73 bits per heavy atom. The summed E-state index contributed by atoms with van der Waals surface area (Å²) in [5.41, 5.74) is 12.1. The van der Waals surface area contributed by atoms with Crippen molar-refractivity contribution in [1.29, 1.82) is 0 Å². The minimum atomic E-state index is -0.264. The number of aromatic nitrogens is 4. The molecule has 0 fully saturated rings. The van der Waals surface area contributed by atoms with E-state index in [2.05, 4.69) is 85.1 Å². The maximum Gasteiger partial charge on any atom is 0.305 e. The number of esters is 2. The molecule has 0 aromatic carbocycles. The maximum absolute atomic E-state index is 12.2. The first-order valence-corrected chi connectivity index (χ1v) is 14.8. The molecule has 0 radical (unpaired) electrons. The number of rotatable bonds is 8. The molecular weight excluding hydrogens is 552 g/mol. The summed E-state index contributed by atoms with van der Waals surface area (Å²) in [6.45, 7) is 16.5. The molecule has 228 valence electrons. The van der Waals surface area contributed by atoms with E-state index in [9.17, 15) is 9.59 Å². The number of H-pyrrole nitrogens is 4. The summed E-state index contributed by atoms with van der Waals surface area (Å²) in [5, 5.41) is 3.73. The molecule has 44 heavy (non-hydrogen) atoms. The Hall–Kier alpha value is -4.98. The first-order valence-electron chi connectivity index (χ1n) is 14.8. The number of aromatic amines is 4. The predicted molar refractivity (Wildman–Crippen MR) is 176 cm³/mol. The van der Waals surface area contributed by atoms with Crippen molar-refractivity contribution in [2.24, 2.45) is 0 Å². The van der Waals surface area contributed by atoms with Gasteiger partial charge in [0.15, 0.2) is 0 Å². The molecule has 0 saturated carbocycles. The maximum atomic E-state index is 12.2. The topological polar surface area (TPSA) is 116 Å². The van der Waals surface area contributed by atoms with E-state index >= 15 is 0 Å². The largest absolute Gasteiger partial charge is 0.469 e. The van der Waals surface area contributed by atoms with Crippen LogP contribution in [0.1, 0.15) is 80.1 Å². The monoisotopic (exact) mass is 592 g/mol. The number of carbonyl (C=O) groups excluding carboxylic acids is 2. The molecule has 1 aliphatic rings. The van der Waals surface area contributed by atoms with E-state index in [0.717, 1.165) is 88.7 Å². The first kappa shape index (κ1) is 30.5. The molecule has 0 unspecified atom stereocenters. The lowest BCUT2D eigenvalue weighted by molar-refractivity contribution is -0.141. The highest BCUT2D eigenvalue weighted by Gasteiger charge is 2.17. The van der Waals surface area contributed by atoms with Crippen molar-refractivity contribution in [3.05, 3.63) is 102 Å². The third-order valence-electron chi connectivity index (χ3n) is 8.81. The van der Waals surface area contributed by atoms with E-state index < -0.39 is 0 Å². The van der Waals surface area contributed by atoms with Gasteiger partial charge in [0.25, 0.3) is 0 Å². The van der Waals surface area contributed by atoms with E-state index in [1.807, 2.05) is 12.2 Å². The summed E-state index contributed by atoms with van der Waals surface area (Å²) in [5.74, 6) is -0.526. The molecule has 8 bridgehead atoms. The van der Waals surface area contributed by atoms with Crippen LogP contribution in [-0.2, 0) is 31.9 Å². The molecule has 4 aromatic heterocycles. The standard InChI is InChI=1S/C36H40N4O4/c1-9-23-19(3)27-15-28-21(5)25(11-13-35(41)43-7)33(39-28)18-34-26(12-14-36(42)44-8)22(6)30(40-34)17-32-24(10-2)20(4)29(38-32)16-31(23)37-27/h9-10,15-18,37-40H,1-2,11-14H2,3-8H3/b27-15?,28-15-,29-16-,30-17?,31-16?,32-17-,33-18-,34-18?. The van der Waals surface area contributed by atoms with Crippen LogP contribution in [0, 0.1) is 27.7 Å². The van der Waals surface area contributed by atoms with Gasteiger partial charge in [0.1, 0.15) is 0 Å². The minimum absolute atomic E-state index is 0.256. The summed E-state index contributed by atoms with van der Waals surface area (Å²) in [6.07, 6.45) is 13.7. The van der Waals surface area contributed by atoms with Gasteiger partial charge in [-0.3, -0.25) is 9.59 Å². The SMILES string of the molecule is C=Cc1c2[nH]c(c1C)/C=c1\[nH]/c(c(CCC(=O)OC)c1C)=C\c1[nH]c(c(C)c1CCC(=O)OC)/C=c1\[nH]/c(c(C)c1C=C)=C\2. The number of methoxy groups -OCH3 is 2. The van der Waals surface area contributed by atoms with Gasteiger partial charge in [-0.2, -0.15) is 0 Å². The lowest BCUT2D eigenvalue weighted by Gasteiger charge is -2.03. The molecule has 0 atom stereocenters. The van der Waals surface area contributed by atoms with Gasteiger partial charge in [-0.1, -0.05) is 25.3 Å². The predicted octanol–water partition coefficient (Wildman–Crippen LogP) is 3.36. The fraction of sp³-hybridized carbons (Fsp3) is 0.278. The number of nitrogens with one attached hydrogen (secondary N) is 4. The highest BCUT2D eigenvalue weighted by molar-refractivity contribution is 5.73. The Balaban J connectivity index is 1.89. The molecule has 0 aliphatic carbocycles. The van der Waals surface area contributed by atoms with E-state index in [1.165, 1.54) is 14.2 Å². The van der Waals surface area contributed by atoms with Gasteiger partial charge in [-0.15, -0.1) is 0 Å². The Kier molecular flexibility index (Phi) is 8.54. The van der Waals surface area contributed by atoms with Gasteiger partial charge in [0.2, 0.25) is 0 Å². The lowest BCUT2D eigenvalue weighted by Crippen LogP contribution is -2.14. The first-order chi connectivity index (χ1) is 21.1. The zero-order chi connectivity index (χ0) is 31.7. The van der Waals surface area contributed by atoms with Crippen molar-refractivity contribution in [2.75, 3.05) is 14.2 Å². The Labute approximate surface area is 256 Å². The zero-order valence-electron chi connectivity index (χ0n) is 26.3. The van der Waals surface area contributed by atoms with Crippen molar-refractivity contribution in [3.63, 3.8) is 0 Å². The zero-order valence-corrected chi connectivity index (χ0v) is 26.3. The average molecular weight is 593 g/mol. The summed E-state index contributed by atoms with van der Waals surface area (Å²) < 4.78 is 9.91. The Morgan fingerprint density at radius 2 is 1.09 bits per heavy atom. The fourth-order valence-corrected chi connectivity index (χ4v) is 6.12. The molecule has 5 rings (SSSR count). The molecule has 8 nitrogen and oxygen atoms in total. The second-order valence-electron chi connectivity index (χ2n) is 11.2. The van der Waals surface area contributed by atoms with Gasteiger partial charge in [-0.05, 0) is 98.2 Å². The van der Waals surface area contributed by atoms with Crippen molar-refractivity contribution in [3.8, 4) is 0 Å². The van der Waals surface area contributed by atoms with Crippen LogP contribution in [0.15, 0.2) is 13.2 Å². The van der Waals surface area contributed by atoms with Crippen LogP contribution in [0.2, 0.25) is 0 Å². The second kappa shape index (κ2) is 12.3. The van der Waals surface area contributed by atoms with Crippen LogP contribution in [0.5, 0.6) is 0 Å². The third kappa shape index (κ3) is 5.55. The van der Waals surface area contributed by atoms with Gasteiger partial charge >= 0.3 is 11.9 Å². The molecule has 5 heterocycles. The quantitative estimate of drug-likeness (QED) is 0.207. The second-order valence-corrected chi connectivity index (χ2v) is 11.2. The van der Waals surface area contributed by atoms with E-state index in [1.54, 1.807) is 0 Å². The highest BCUT2D eigenvalue weighted by Crippen LogP contribution is 2.24. The lowest BCUT2D eigenvalue weighted by atomic mass is 10.0. The minimum Gasteiger partial charge on any atom is -0.469 e. The molecule has 4 aromatic rings. The summed E-state index contributed by atoms with van der Waals surface area (Å²) in [7, 11) is 2.81. The van der Waals surface area contributed by atoms with Crippen LogP contribution in [0.3, 0.4) is 0 Å². The Morgan fingerprint density at radius 1 is 0.591 bits per heavy atom. The molecule has 0 spiro atoms. The molecule has 8 heteroatoms. The summed E-state index contributed by atoms with van der Waals surface area (Å²) >= 11 is 0. The van der Waals surface area contributed by atoms with E-state index in [4.69, 9.17) is 9.47 Å². The van der Waals surface area contributed by atoms with E-state index in [0.29, 0.717) is 12.8 Å². The number of fused-ring (bicyclic) bond motifs is 8. The van der Waals surface area contributed by atoms with Gasteiger partial charge in [0.05, 0.1) is 14.2 Å². The van der Waals surface area contributed by atoms with Crippen LogP contribution in [-0.4, -0.2) is 46.1 Å². The number of ether oxygens (including phenoxy) is 2. The molecule has 0 amide bonds. The van der Waals surface area contributed by atoms with Gasteiger partial charge in [-0.25, -0.2) is 0 Å². The Bertz CT molecular complexity index is 2060. The van der Waals surface area contributed by atoms with Crippen LogP contribution >= 0.6 is 0 Å². The molecule has 4 N–H and O–H groups in total. The summed E-state index contributed by atoms with van der Waals surface area (Å²) in [4.78, 5) is 38.8. The van der Waals surface area contributed by atoms with Gasteiger partial charge in [0, 0.05) is 68.1 Å². The normalized spacial score (nSPS) is 15.0.